The van der Waals surface area contributed by atoms with E-state index >= 15 is 0 Å². The highest BCUT2D eigenvalue weighted by atomic mass is 32.2. The summed E-state index contributed by atoms with van der Waals surface area (Å²) in [5, 5.41) is 14.1. The van der Waals surface area contributed by atoms with Gasteiger partial charge in [-0.1, -0.05) is 13.8 Å². The van der Waals surface area contributed by atoms with Crippen molar-refractivity contribution in [3.63, 3.8) is 0 Å². The number of benzene rings is 1. The maximum absolute atomic E-state index is 10.8. The number of nitro groups is 1. The third-order valence-corrected chi connectivity index (χ3v) is 5.56. The van der Waals surface area contributed by atoms with Crippen molar-refractivity contribution in [3.8, 4) is 0 Å². The van der Waals surface area contributed by atoms with Crippen LogP contribution in [0.4, 0.5) is 11.6 Å². The molecule has 114 valence electrons. The Labute approximate surface area is 127 Å². The molecule has 1 aromatic carbocycles. The van der Waals surface area contributed by atoms with Gasteiger partial charge < -0.3 is 10.3 Å². The summed E-state index contributed by atoms with van der Waals surface area (Å²) in [5.41, 5.74) is 1.47. The number of non-ortho nitro benzene ring substituents is 1. The minimum Gasteiger partial charge on any atom is -0.354 e. The maximum Gasteiger partial charge on any atom is 0.271 e. The fraction of sp³-hybridized carbons (Fsp3) is 0.500. The molecule has 0 spiro atoms. The number of fused-ring (bicyclic) bond motifs is 1. The summed E-state index contributed by atoms with van der Waals surface area (Å²) >= 11 is 1.86. The van der Waals surface area contributed by atoms with Crippen LogP contribution >= 0.6 is 11.8 Å². The third kappa shape index (κ3) is 3.29. The second-order valence-corrected chi connectivity index (χ2v) is 6.27. The number of aromatic nitrogens is 2. The highest BCUT2D eigenvalue weighted by molar-refractivity contribution is 8.00. The quantitative estimate of drug-likeness (QED) is 0.600. The van der Waals surface area contributed by atoms with E-state index in [2.05, 4.69) is 35.4 Å². The fourth-order valence-electron chi connectivity index (χ4n) is 2.30. The standard InChI is InChI=1S/C14H20N4O2S/c1-4-14(5-2,21-3)9-15-13-16-11-7-6-10(18(19)20)8-12(11)17-13/h6-8H,4-5,9H2,1-3H3,(H2,15,16,17). The third-order valence-electron chi connectivity index (χ3n) is 3.98. The minimum atomic E-state index is -0.402. The van der Waals surface area contributed by atoms with E-state index < -0.39 is 4.92 Å². The molecule has 0 radical (unpaired) electrons. The number of nitro benzene ring substituents is 1. The Kier molecular flexibility index (Phi) is 4.72. The molecular formula is C14H20N4O2S. The first-order valence-corrected chi connectivity index (χ1v) is 8.19. The van der Waals surface area contributed by atoms with E-state index in [0.717, 1.165) is 24.9 Å². The van der Waals surface area contributed by atoms with E-state index in [-0.39, 0.29) is 10.4 Å². The predicted octanol–water partition coefficient (Wildman–Crippen LogP) is 3.80. The van der Waals surface area contributed by atoms with E-state index in [4.69, 9.17) is 0 Å². The molecule has 21 heavy (non-hydrogen) atoms. The van der Waals surface area contributed by atoms with Gasteiger partial charge in [0.25, 0.3) is 5.69 Å². The zero-order valence-corrected chi connectivity index (χ0v) is 13.3. The van der Waals surface area contributed by atoms with Crippen LogP contribution in [-0.4, -0.2) is 32.4 Å². The largest absolute Gasteiger partial charge is 0.354 e. The van der Waals surface area contributed by atoms with Gasteiger partial charge in [-0.05, 0) is 25.2 Å². The molecule has 0 amide bonds. The lowest BCUT2D eigenvalue weighted by Crippen LogP contribution is -2.32. The number of nitrogens with zero attached hydrogens (tertiary/aromatic N) is 2. The average Bonchev–Trinajstić information content (AvgIpc) is 2.91. The van der Waals surface area contributed by atoms with E-state index in [1.165, 1.54) is 12.1 Å². The summed E-state index contributed by atoms with van der Waals surface area (Å²) in [7, 11) is 0. The molecule has 0 aliphatic carbocycles. The second kappa shape index (κ2) is 6.34. The van der Waals surface area contributed by atoms with Gasteiger partial charge in [0.05, 0.1) is 16.0 Å². The lowest BCUT2D eigenvalue weighted by molar-refractivity contribution is -0.384. The lowest BCUT2D eigenvalue weighted by Gasteiger charge is -2.29. The Balaban J connectivity index is 2.18. The molecule has 2 rings (SSSR count). The van der Waals surface area contributed by atoms with E-state index in [0.29, 0.717) is 11.5 Å². The Morgan fingerprint density at radius 3 is 2.71 bits per heavy atom. The average molecular weight is 308 g/mol. The summed E-state index contributed by atoms with van der Waals surface area (Å²) in [6.07, 6.45) is 4.27. The lowest BCUT2D eigenvalue weighted by atomic mass is 10.0. The van der Waals surface area contributed by atoms with Crippen molar-refractivity contribution in [1.29, 1.82) is 0 Å². The van der Waals surface area contributed by atoms with Crippen LogP contribution in [0.1, 0.15) is 26.7 Å². The summed E-state index contributed by atoms with van der Waals surface area (Å²) in [6.45, 7) is 5.18. The number of imidazole rings is 1. The van der Waals surface area contributed by atoms with Gasteiger partial charge in [0.2, 0.25) is 5.95 Å². The van der Waals surface area contributed by atoms with E-state index in [1.807, 2.05) is 11.8 Å². The molecule has 0 unspecified atom stereocenters. The van der Waals surface area contributed by atoms with Crippen molar-refractivity contribution in [3.05, 3.63) is 28.3 Å². The number of H-pyrrole nitrogens is 1. The zero-order chi connectivity index (χ0) is 15.5. The van der Waals surface area contributed by atoms with Crippen molar-refractivity contribution in [1.82, 2.24) is 9.97 Å². The van der Waals surface area contributed by atoms with Crippen LogP contribution in [0, 0.1) is 10.1 Å². The molecule has 0 aliphatic rings. The van der Waals surface area contributed by atoms with Crippen LogP contribution in [0.15, 0.2) is 18.2 Å². The molecule has 7 heteroatoms. The van der Waals surface area contributed by atoms with Crippen LogP contribution in [0.3, 0.4) is 0 Å². The molecule has 1 heterocycles. The van der Waals surface area contributed by atoms with Crippen LogP contribution in [0.25, 0.3) is 11.0 Å². The second-order valence-electron chi connectivity index (χ2n) is 4.99. The van der Waals surface area contributed by atoms with Crippen molar-refractivity contribution >= 4 is 34.4 Å². The zero-order valence-electron chi connectivity index (χ0n) is 12.5. The summed E-state index contributed by atoms with van der Waals surface area (Å²) in [4.78, 5) is 17.9. The Bertz CT molecular complexity index is 629. The number of nitrogens with one attached hydrogen (secondary N) is 2. The highest BCUT2D eigenvalue weighted by Crippen LogP contribution is 2.30. The molecule has 2 N–H and O–H groups in total. The highest BCUT2D eigenvalue weighted by Gasteiger charge is 2.24. The van der Waals surface area contributed by atoms with Crippen LogP contribution in [0.2, 0.25) is 0 Å². The van der Waals surface area contributed by atoms with Crippen LogP contribution in [-0.2, 0) is 0 Å². The van der Waals surface area contributed by atoms with Crippen molar-refractivity contribution in [2.75, 3.05) is 18.1 Å². The number of hydrogen-bond acceptors (Lipinski definition) is 5. The number of aromatic amines is 1. The number of thioether (sulfide) groups is 1. The van der Waals surface area contributed by atoms with Crippen molar-refractivity contribution in [2.24, 2.45) is 0 Å². The Morgan fingerprint density at radius 1 is 1.43 bits per heavy atom. The minimum absolute atomic E-state index is 0.0678. The topological polar surface area (TPSA) is 83.8 Å². The molecule has 0 bridgehead atoms. The fourth-order valence-corrected chi connectivity index (χ4v) is 3.09. The maximum atomic E-state index is 10.8. The van der Waals surface area contributed by atoms with Gasteiger partial charge in [-0.2, -0.15) is 11.8 Å². The molecular weight excluding hydrogens is 288 g/mol. The summed E-state index contributed by atoms with van der Waals surface area (Å²) < 4.78 is 0.185. The van der Waals surface area contributed by atoms with Gasteiger partial charge in [0.15, 0.2) is 0 Å². The van der Waals surface area contributed by atoms with Gasteiger partial charge in [-0.25, -0.2) is 4.98 Å². The number of hydrogen-bond donors (Lipinski definition) is 2. The molecule has 2 aromatic rings. The van der Waals surface area contributed by atoms with Crippen LogP contribution in [0.5, 0.6) is 0 Å². The molecule has 0 saturated carbocycles. The van der Waals surface area contributed by atoms with E-state index in [9.17, 15) is 10.1 Å². The smallest absolute Gasteiger partial charge is 0.271 e. The number of anilines is 1. The molecule has 0 aliphatic heterocycles. The van der Waals surface area contributed by atoms with Gasteiger partial charge >= 0.3 is 0 Å². The molecule has 0 atom stereocenters. The summed E-state index contributed by atoms with van der Waals surface area (Å²) in [6, 6.07) is 4.64. The SMILES string of the molecule is CCC(CC)(CNc1nc2ccc([N+](=O)[O-])cc2[nH]1)SC. The predicted molar refractivity (Wildman–Crippen MR) is 88.1 cm³/mol. The normalized spacial score (nSPS) is 11.8. The van der Waals surface area contributed by atoms with Gasteiger partial charge in [0.1, 0.15) is 0 Å². The van der Waals surface area contributed by atoms with Gasteiger partial charge in [-0.15, -0.1) is 0 Å². The Hall–Kier alpha value is -1.76. The van der Waals surface area contributed by atoms with Crippen LogP contribution < -0.4 is 5.32 Å². The first kappa shape index (κ1) is 15.6. The van der Waals surface area contributed by atoms with Gasteiger partial charge in [0, 0.05) is 23.4 Å². The number of rotatable bonds is 7. The van der Waals surface area contributed by atoms with Crippen molar-refractivity contribution < 1.29 is 4.92 Å². The molecule has 6 nitrogen and oxygen atoms in total. The van der Waals surface area contributed by atoms with E-state index in [1.54, 1.807) is 6.07 Å². The summed E-state index contributed by atoms with van der Waals surface area (Å²) in [5.74, 6) is 0.658. The van der Waals surface area contributed by atoms with Gasteiger partial charge in [-0.3, -0.25) is 10.1 Å². The first-order chi connectivity index (χ1) is 10.0. The molecule has 0 saturated heterocycles. The molecule has 0 fully saturated rings. The van der Waals surface area contributed by atoms with Crippen molar-refractivity contribution in [2.45, 2.75) is 31.4 Å². The molecule has 1 aromatic heterocycles. The monoisotopic (exact) mass is 308 g/mol. The Morgan fingerprint density at radius 2 is 2.14 bits per heavy atom. The first-order valence-electron chi connectivity index (χ1n) is 6.96.